The maximum Gasteiger partial charge on any atom is 0.166 e. The van der Waals surface area contributed by atoms with E-state index in [1.165, 1.54) is 32.1 Å². The summed E-state index contributed by atoms with van der Waals surface area (Å²) in [5.41, 5.74) is 0.508. The third-order valence-corrected chi connectivity index (χ3v) is 3.76. The molecule has 0 aromatic carbocycles. The van der Waals surface area contributed by atoms with E-state index in [1.807, 2.05) is 0 Å². The Balaban J connectivity index is 2.42. The minimum atomic E-state index is 0.508. The largest absolute Gasteiger partial charge is 0.363 e. The van der Waals surface area contributed by atoms with Crippen molar-refractivity contribution in [3.05, 3.63) is 0 Å². The van der Waals surface area contributed by atoms with Crippen LogP contribution in [0.5, 0.6) is 0 Å². The molecule has 0 aromatic heterocycles. The summed E-state index contributed by atoms with van der Waals surface area (Å²) in [6, 6.07) is 0. The zero-order chi connectivity index (χ0) is 12.0. The van der Waals surface area contributed by atoms with Gasteiger partial charge in [-0.2, -0.15) is 0 Å². The Kier molecular flexibility index (Phi) is 5.53. The molecule has 2 N–H and O–H groups in total. The average molecular weight is 242 g/mol. The van der Waals surface area contributed by atoms with E-state index in [-0.39, 0.29) is 0 Å². The van der Waals surface area contributed by atoms with Crippen LogP contribution in [0.25, 0.3) is 0 Å². The maximum absolute atomic E-state index is 5.23. The normalized spacial score (nSPS) is 18.8. The molecule has 16 heavy (non-hydrogen) atoms. The van der Waals surface area contributed by atoms with Gasteiger partial charge in [0.15, 0.2) is 5.11 Å². The molecule has 0 amide bonds. The third kappa shape index (κ3) is 4.28. The van der Waals surface area contributed by atoms with E-state index < -0.39 is 0 Å². The van der Waals surface area contributed by atoms with Gasteiger partial charge < -0.3 is 10.6 Å². The molecule has 0 heterocycles. The van der Waals surface area contributed by atoms with Crippen LogP contribution < -0.4 is 10.6 Å². The standard InChI is InChI=1S/C13H26N2S/c1-4-14-12(16)15-10-13(9-11(2)3)7-5-6-8-13/h11H,4-10H2,1-3H3,(H2,14,15,16). The molecule has 3 heteroatoms. The highest BCUT2D eigenvalue weighted by atomic mass is 32.1. The van der Waals surface area contributed by atoms with Gasteiger partial charge in [0.25, 0.3) is 0 Å². The molecule has 0 radical (unpaired) electrons. The van der Waals surface area contributed by atoms with Gasteiger partial charge in [-0.1, -0.05) is 26.7 Å². The Hall–Kier alpha value is -0.310. The third-order valence-electron chi connectivity index (χ3n) is 3.47. The molecule has 1 aliphatic rings. The number of nitrogens with one attached hydrogen (secondary N) is 2. The minimum Gasteiger partial charge on any atom is -0.363 e. The molecule has 1 rings (SSSR count). The van der Waals surface area contributed by atoms with Gasteiger partial charge in [-0.25, -0.2) is 0 Å². The molecule has 0 bridgehead atoms. The van der Waals surface area contributed by atoms with Crippen molar-refractivity contribution in [2.45, 2.75) is 52.9 Å². The van der Waals surface area contributed by atoms with Crippen LogP contribution in [0.3, 0.4) is 0 Å². The van der Waals surface area contributed by atoms with Crippen LogP contribution in [-0.4, -0.2) is 18.2 Å². The molecule has 0 aromatic rings. The predicted molar refractivity (Wildman–Crippen MR) is 74.6 cm³/mol. The molecular formula is C13H26N2S. The number of rotatable bonds is 5. The van der Waals surface area contributed by atoms with E-state index in [2.05, 4.69) is 31.4 Å². The van der Waals surface area contributed by atoms with Gasteiger partial charge in [0.1, 0.15) is 0 Å². The van der Waals surface area contributed by atoms with Crippen LogP contribution in [0.15, 0.2) is 0 Å². The van der Waals surface area contributed by atoms with E-state index >= 15 is 0 Å². The summed E-state index contributed by atoms with van der Waals surface area (Å²) in [5.74, 6) is 0.785. The quantitative estimate of drug-likeness (QED) is 0.725. The van der Waals surface area contributed by atoms with Crippen LogP contribution in [0.2, 0.25) is 0 Å². The molecule has 0 spiro atoms. The van der Waals surface area contributed by atoms with Crippen LogP contribution >= 0.6 is 12.2 Å². The molecular weight excluding hydrogens is 216 g/mol. The van der Waals surface area contributed by atoms with E-state index in [0.29, 0.717) is 5.41 Å². The zero-order valence-electron chi connectivity index (χ0n) is 10.9. The van der Waals surface area contributed by atoms with Crippen molar-refractivity contribution in [1.29, 1.82) is 0 Å². The molecule has 0 atom stereocenters. The van der Waals surface area contributed by atoms with Gasteiger partial charge in [0.05, 0.1) is 0 Å². The molecule has 0 saturated heterocycles. The van der Waals surface area contributed by atoms with Gasteiger partial charge in [-0.15, -0.1) is 0 Å². The second kappa shape index (κ2) is 6.43. The first-order chi connectivity index (χ1) is 7.58. The summed E-state index contributed by atoms with van der Waals surface area (Å²) >= 11 is 5.23. The first kappa shape index (κ1) is 13.8. The molecule has 1 saturated carbocycles. The fraction of sp³-hybridized carbons (Fsp3) is 0.923. The average Bonchev–Trinajstić information content (AvgIpc) is 2.64. The van der Waals surface area contributed by atoms with Crippen molar-refractivity contribution in [2.75, 3.05) is 13.1 Å². The maximum atomic E-state index is 5.23. The Morgan fingerprint density at radius 2 is 1.88 bits per heavy atom. The summed E-state index contributed by atoms with van der Waals surface area (Å²) in [7, 11) is 0. The monoisotopic (exact) mass is 242 g/mol. The first-order valence-corrected chi connectivity index (χ1v) is 7.00. The van der Waals surface area contributed by atoms with Crippen LogP contribution in [0, 0.1) is 11.3 Å². The number of hydrogen-bond donors (Lipinski definition) is 2. The Morgan fingerprint density at radius 1 is 1.25 bits per heavy atom. The van der Waals surface area contributed by atoms with Crippen LogP contribution in [0.4, 0.5) is 0 Å². The molecule has 2 nitrogen and oxygen atoms in total. The highest BCUT2D eigenvalue weighted by molar-refractivity contribution is 7.80. The lowest BCUT2D eigenvalue weighted by Crippen LogP contribution is -2.42. The lowest BCUT2D eigenvalue weighted by molar-refractivity contribution is 0.235. The Labute approximate surface area is 106 Å². The summed E-state index contributed by atoms with van der Waals surface area (Å²) < 4.78 is 0. The van der Waals surface area contributed by atoms with Crippen LogP contribution in [-0.2, 0) is 0 Å². The minimum absolute atomic E-state index is 0.508. The molecule has 1 fully saturated rings. The van der Waals surface area contributed by atoms with Gasteiger partial charge in [0, 0.05) is 13.1 Å². The van der Waals surface area contributed by atoms with Crippen molar-refractivity contribution in [1.82, 2.24) is 10.6 Å². The Morgan fingerprint density at radius 3 is 2.38 bits per heavy atom. The highest BCUT2D eigenvalue weighted by Gasteiger charge is 2.34. The second-order valence-corrected chi connectivity index (χ2v) is 5.93. The topological polar surface area (TPSA) is 24.1 Å². The molecule has 94 valence electrons. The zero-order valence-corrected chi connectivity index (χ0v) is 11.8. The van der Waals surface area contributed by atoms with E-state index in [4.69, 9.17) is 12.2 Å². The Bertz CT molecular complexity index is 220. The predicted octanol–water partition coefficient (Wildman–Crippen LogP) is 3.08. The van der Waals surface area contributed by atoms with Crippen molar-refractivity contribution in [3.8, 4) is 0 Å². The fourth-order valence-electron chi connectivity index (χ4n) is 2.93. The van der Waals surface area contributed by atoms with Crippen molar-refractivity contribution in [2.24, 2.45) is 11.3 Å². The van der Waals surface area contributed by atoms with Gasteiger partial charge >= 0.3 is 0 Å². The first-order valence-electron chi connectivity index (χ1n) is 6.60. The molecule has 0 aliphatic heterocycles. The second-order valence-electron chi connectivity index (χ2n) is 5.52. The SMILES string of the molecule is CCNC(=S)NCC1(CC(C)C)CCCC1. The van der Waals surface area contributed by atoms with Crippen molar-refractivity contribution >= 4 is 17.3 Å². The van der Waals surface area contributed by atoms with Crippen molar-refractivity contribution in [3.63, 3.8) is 0 Å². The van der Waals surface area contributed by atoms with Crippen molar-refractivity contribution < 1.29 is 0 Å². The fourth-order valence-corrected chi connectivity index (χ4v) is 3.15. The van der Waals surface area contributed by atoms with E-state index in [9.17, 15) is 0 Å². The lowest BCUT2D eigenvalue weighted by atomic mass is 9.78. The van der Waals surface area contributed by atoms with E-state index in [0.717, 1.165) is 24.1 Å². The van der Waals surface area contributed by atoms with Gasteiger partial charge in [-0.3, -0.25) is 0 Å². The van der Waals surface area contributed by atoms with E-state index in [1.54, 1.807) is 0 Å². The van der Waals surface area contributed by atoms with Gasteiger partial charge in [-0.05, 0) is 49.7 Å². The molecule has 0 unspecified atom stereocenters. The smallest absolute Gasteiger partial charge is 0.166 e. The lowest BCUT2D eigenvalue weighted by Gasteiger charge is -2.31. The van der Waals surface area contributed by atoms with Gasteiger partial charge in [0.2, 0.25) is 0 Å². The summed E-state index contributed by atoms with van der Waals surface area (Å²) in [4.78, 5) is 0. The molecule has 1 aliphatic carbocycles. The van der Waals surface area contributed by atoms with Crippen LogP contribution in [0.1, 0.15) is 52.9 Å². The number of thiocarbonyl (C=S) groups is 1. The highest BCUT2D eigenvalue weighted by Crippen LogP contribution is 2.42. The summed E-state index contributed by atoms with van der Waals surface area (Å²) in [6.45, 7) is 8.68. The summed E-state index contributed by atoms with van der Waals surface area (Å²) in [6.07, 6.45) is 6.85. The number of hydrogen-bond acceptors (Lipinski definition) is 1. The summed E-state index contributed by atoms with van der Waals surface area (Å²) in [5, 5.41) is 7.37.